The summed E-state index contributed by atoms with van der Waals surface area (Å²) in [6.07, 6.45) is -3.37. The van der Waals surface area contributed by atoms with Crippen LogP contribution in [0.5, 0.6) is 0 Å². The van der Waals surface area contributed by atoms with Crippen molar-refractivity contribution in [3.63, 3.8) is 0 Å². The van der Waals surface area contributed by atoms with E-state index >= 15 is 0 Å². The zero-order chi connectivity index (χ0) is 22.8. The van der Waals surface area contributed by atoms with Gasteiger partial charge in [-0.05, 0) is 48.9 Å². The molecule has 0 unspecified atom stereocenters. The highest BCUT2D eigenvalue weighted by molar-refractivity contribution is 6.31. The van der Waals surface area contributed by atoms with Crippen LogP contribution in [-0.4, -0.2) is 42.8 Å². The molecule has 10 heteroatoms. The van der Waals surface area contributed by atoms with Crippen LogP contribution in [0.15, 0.2) is 42.5 Å². The minimum atomic E-state index is -4.66. The van der Waals surface area contributed by atoms with Crippen molar-refractivity contribution in [3.05, 3.63) is 58.6 Å². The van der Waals surface area contributed by atoms with Gasteiger partial charge in [-0.1, -0.05) is 11.6 Å². The topological polar surface area (TPSA) is 69.7 Å². The molecule has 0 saturated carbocycles. The Kier molecular flexibility index (Phi) is 6.54. The molecule has 0 atom stereocenters. The third-order valence-corrected chi connectivity index (χ3v) is 5.11. The average molecular weight is 454 g/mol. The number of amides is 3. The van der Waals surface area contributed by atoms with Crippen molar-refractivity contribution in [3.8, 4) is 0 Å². The second-order valence-electron chi connectivity index (χ2n) is 7.10. The zero-order valence-corrected chi connectivity index (χ0v) is 17.3. The molecule has 1 aliphatic heterocycles. The third kappa shape index (κ3) is 5.35. The summed E-state index contributed by atoms with van der Waals surface area (Å²) in [5.74, 6) is -1.07. The quantitative estimate of drug-likeness (QED) is 0.737. The number of nitrogens with one attached hydrogen (secondary N) is 1. The van der Waals surface area contributed by atoms with E-state index in [4.69, 9.17) is 11.6 Å². The first-order valence-corrected chi connectivity index (χ1v) is 9.76. The largest absolute Gasteiger partial charge is 0.417 e. The highest BCUT2D eigenvalue weighted by Gasteiger charge is 2.33. The summed E-state index contributed by atoms with van der Waals surface area (Å²) in [7, 11) is 1.41. The Morgan fingerprint density at radius 1 is 1.16 bits per heavy atom. The number of carbonyl (C=O) groups is 3. The van der Waals surface area contributed by atoms with Crippen molar-refractivity contribution in [2.24, 2.45) is 0 Å². The molecule has 1 fully saturated rings. The number of likely N-dealkylation sites (N-methyl/N-ethyl adjacent to an activating group) is 1. The molecule has 3 amide bonds. The molecule has 1 N–H and O–H groups in total. The van der Waals surface area contributed by atoms with E-state index in [1.807, 2.05) is 0 Å². The first-order chi connectivity index (χ1) is 14.6. The maximum Gasteiger partial charge on any atom is 0.417 e. The summed E-state index contributed by atoms with van der Waals surface area (Å²) < 4.78 is 38.8. The molecule has 31 heavy (non-hydrogen) atoms. The van der Waals surface area contributed by atoms with Crippen LogP contribution in [0.2, 0.25) is 5.02 Å². The predicted molar refractivity (Wildman–Crippen MR) is 110 cm³/mol. The first kappa shape index (κ1) is 22.6. The molecule has 0 radical (unpaired) electrons. The van der Waals surface area contributed by atoms with Gasteiger partial charge in [0.25, 0.3) is 5.91 Å². The van der Waals surface area contributed by atoms with Gasteiger partial charge in [0.15, 0.2) is 0 Å². The van der Waals surface area contributed by atoms with Crippen molar-refractivity contribution >= 4 is 40.7 Å². The van der Waals surface area contributed by atoms with E-state index in [1.165, 1.54) is 13.1 Å². The Labute approximate surface area is 181 Å². The summed E-state index contributed by atoms with van der Waals surface area (Å²) in [5, 5.41) is 1.86. The Bertz CT molecular complexity index is 1010. The van der Waals surface area contributed by atoms with Crippen molar-refractivity contribution < 1.29 is 27.6 Å². The van der Waals surface area contributed by atoms with Gasteiger partial charge in [0, 0.05) is 37.0 Å². The van der Waals surface area contributed by atoms with Crippen LogP contribution in [0.4, 0.5) is 24.5 Å². The highest BCUT2D eigenvalue weighted by atomic mass is 35.5. The van der Waals surface area contributed by atoms with Gasteiger partial charge in [-0.2, -0.15) is 13.2 Å². The number of hydrogen-bond donors (Lipinski definition) is 1. The van der Waals surface area contributed by atoms with E-state index in [0.717, 1.165) is 23.5 Å². The summed E-state index contributed by atoms with van der Waals surface area (Å²) >= 11 is 5.56. The third-order valence-electron chi connectivity index (χ3n) is 4.78. The van der Waals surface area contributed by atoms with Gasteiger partial charge >= 0.3 is 6.18 Å². The van der Waals surface area contributed by atoms with Gasteiger partial charge in [-0.25, -0.2) is 0 Å². The summed E-state index contributed by atoms with van der Waals surface area (Å²) in [4.78, 5) is 39.4. The summed E-state index contributed by atoms with van der Waals surface area (Å²) in [6, 6.07) is 9.48. The van der Waals surface area contributed by atoms with Crippen LogP contribution in [0.25, 0.3) is 0 Å². The molecule has 3 rings (SSSR count). The van der Waals surface area contributed by atoms with Gasteiger partial charge in [0.2, 0.25) is 11.8 Å². The van der Waals surface area contributed by atoms with Crippen LogP contribution < -0.4 is 10.2 Å². The second kappa shape index (κ2) is 8.97. The maximum absolute atomic E-state index is 12.9. The Hall–Kier alpha value is -3.07. The Morgan fingerprint density at radius 2 is 1.84 bits per heavy atom. The number of alkyl halides is 3. The number of halogens is 4. The number of nitrogens with zero attached hydrogens (tertiary/aromatic N) is 2. The van der Waals surface area contributed by atoms with Gasteiger partial charge in [0.1, 0.15) is 0 Å². The molecule has 1 heterocycles. The van der Waals surface area contributed by atoms with E-state index < -0.39 is 28.6 Å². The lowest BCUT2D eigenvalue weighted by molar-refractivity contribution is -0.137. The summed E-state index contributed by atoms with van der Waals surface area (Å²) in [6.45, 7) is 0.266. The number of carbonyl (C=O) groups excluding carboxylic acids is 3. The number of rotatable bonds is 5. The average Bonchev–Trinajstić information content (AvgIpc) is 3.14. The van der Waals surface area contributed by atoms with Crippen LogP contribution in [0.1, 0.15) is 28.8 Å². The molecule has 0 spiro atoms. The number of benzene rings is 2. The van der Waals surface area contributed by atoms with Crippen molar-refractivity contribution in [2.75, 3.05) is 30.4 Å². The fourth-order valence-electron chi connectivity index (χ4n) is 3.23. The van der Waals surface area contributed by atoms with Crippen LogP contribution in [-0.2, 0) is 15.8 Å². The van der Waals surface area contributed by atoms with Crippen molar-refractivity contribution in [1.82, 2.24) is 4.90 Å². The molecule has 1 saturated heterocycles. The molecule has 164 valence electrons. The van der Waals surface area contributed by atoms with Crippen LogP contribution >= 0.6 is 11.6 Å². The molecular weight excluding hydrogens is 435 g/mol. The summed E-state index contributed by atoms with van der Waals surface area (Å²) in [5.41, 5.74) is -0.130. The molecule has 2 aromatic rings. The van der Waals surface area contributed by atoms with Crippen molar-refractivity contribution in [1.29, 1.82) is 0 Å². The minimum Gasteiger partial charge on any atom is -0.332 e. The molecule has 2 aromatic carbocycles. The number of anilines is 2. The standard InChI is InChI=1S/C21H19ClF3N3O3/c1-27(12-18(29)26-14-6-9-17(22)16(11-14)21(23,24)25)20(31)13-4-7-15(8-5-13)28-10-2-3-19(28)30/h4-9,11H,2-3,10,12H2,1H3,(H,26,29). The van der Waals surface area contributed by atoms with E-state index in [-0.39, 0.29) is 18.1 Å². The first-order valence-electron chi connectivity index (χ1n) is 9.39. The van der Waals surface area contributed by atoms with Crippen LogP contribution in [0, 0.1) is 0 Å². The lowest BCUT2D eigenvalue weighted by atomic mass is 10.1. The predicted octanol–water partition coefficient (Wildman–Crippen LogP) is 4.20. The smallest absolute Gasteiger partial charge is 0.332 e. The zero-order valence-electron chi connectivity index (χ0n) is 16.5. The fraction of sp³-hybridized carbons (Fsp3) is 0.286. The SMILES string of the molecule is CN(CC(=O)Nc1ccc(Cl)c(C(F)(F)F)c1)C(=O)c1ccc(N2CCCC2=O)cc1. The second-order valence-corrected chi connectivity index (χ2v) is 7.50. The van der Waals surface area contributed by atoms with Gasteiger partial charge in [-0.15, -0.1) is 0 Å². The molecule has 6 nitrogen and oxygen atoms in total. The Balaban J connectivity index is 1.62. The fourth-order valence-corrected chi connectivity index (χ4v) is 3.46. The number of hydrogen-bond acceptors (Lipinski definition) is 3. The van der Waals surface area contributed by atoms with Gasteiger partial charge < -0.3 is 15.1 Å². The molecule has 0 aliphatic carbocycles. The molecule has 0 bridgehead atoms. The van der Waals surface area contributed by atoms with E-state index in [1.54, 1.807) is 29.2 Å². The molecular formula is C21H19ClF3N3O3. The van der Waals surface area contributed by atoms with E-state index in [9.17, 15) is 27.6 Å². The Morgan fingerprint density at radius 3 is 2.42 bits per heavy atom. The van der Waals surface area contributed by atoms with E-state index in [2.05, 4.69) is 5.32 Å². The monoisotopic (exact) mass is 453 g/mol. The lowest BCUT2D eigenvalue weighted by Gasteiger charge is -2.19. The maximum atomic E-state index is 12.9. The minimum absolute atomic E-state index is 0.0312. The van der Waals surface area contributed by atoms with Crippen LogP contribution in [0.3, 0.4) is 0 Å². The van der Waals surface area contributed by atoms with E-state index in [0.29, 0.717) is 24.2 Å². The molecule has 0 aromatic heterocycles. The lowest BCUT2D eigenvalue weighted by Crippen LogP contribution is -2.35. The van der Waals surface area contributed by atoms with Gasteiger partial charge in [0.05, 0.1) is 17.1 Å². The normalized spacial score (nSPS) is 14.0. The van der Waals surface area contributed by atoms with Gasteiger partial charge in [-0.3, -0.25) is 14.4 Å². The highest BCUT2D eigenvalue weighted by Crippen LogP contribution is 2.36. The van der Waals surface area contributed by atoms with Crippen molar-refractivity contribution in [2.45, 2.75) is 19.0 Å². The molecule has 1 aliphatic rings.